The Morgan fingerprint density at radius 2 is 1.78 bits per heavy atom. The molecule has 0 aliphatic carbocycles. The van der Waals surface area contributed by atoms with Crippen LogP contribution in [0.4, 0.5) is 5.82 Å². The van der Waals surface area contributed by atoms with E-state index in [0.717, 1.165) is 33.7 Å². The van der Waals surface area contributed by atoms with Crippen LogP contribution < -0.4 is 14.8 Å². The fraction of sp³-hybridized carbons (Fsp3) is 0.172. The summed E-state index contributed by atoms with van der Waals surface area (Å²) in [5.41, 5.74) is 4.48. The molecule has 1 aromatic heterocycles. The zero-order chi connectivity index (χ0) is 26.4. The number of aryl methyl sites for hydroxylation is 2. The number of hydrogen-bond donors (Lipinski definition) is 1. The number of benzene rings is 3. The molecule has 0 aliphatic rings. The third kappa shape index (κ3) is 6.94. The molecule has 0 spiro atoms. The summed E-state index contributed by atoms with van der Waals surface area (Å²) in [5, 5.41) is 8.42. The molecule has 37 heavy (non-hydrogen) atoms. The SMILES string of the molecule is COc1ccc(/C=C/C(=O)Nc2cc(C)n(Cc3c(Cl)cccc3Cl)n2)cc1COc1cccc(C)c1. The number of anilines is 1. The minimum Gasteiger partial charge on any atom is -0.496 e. The zero-order valence-corrected chi connectivity index (χ0v) is 22.3. The number of amides is 1. The Balaban J connectivity index is 1.41. The van der Waals surface area contributed by atoms with Crippen molar-refractivity contribution in [2.24, 2.45) is 0 Å². The first-order chi connectivity index (χ1) is 17.8. The second-order valence-corrected chi connectivity index (χ2v) is 9.34. The maximum Gasteiger partial charge on any atom is 0.249 e. The largest absolute Gasteiger partial charge is 0.496 e. The van der Waals surface area contributed by atoms with Gasteiger partial charge in [-0.1, -0.05) is 47.5 Å². The first-order valence-corrected chi connectivity index (χ1v) is 12.4. The average Bonchev–Trinajstić information content (AvgIpc) is 3.22. The van der Waals surface area contributed by atoms with Crippen LogP contribution in [0.3, 0.4) is 0 Å². The van der Waals surface area contributed by atoms with Gasteiger partial charge in [-0.15, -0.1) is 0 Å². The minimum absolute atomic E-state index is 0.297. The molecule has 1 amide bonds. The quantitative estimate of drug-likeness (QED) is 0.232. The Morgan fingerprint density at radius 3 is 2.51 bits per heavy atom. The lowest BCUT2D eigenvalue weighted by atomic mass is 10.1. The van der Waals surface area contributed by atoms with E-state index in [1.54, 1.807) is 42.1 Å². The van der Waals surface area contributed by atoms with Gasteiger partial charge in [-0.25, -0.2) is 0 Å². The first-order valence-electron chi connectivity index (χ1n) is 11.6. The Kier molecular flexibility index (Phi) is 8.54. The van der Waals surface area contributed by atoms with Gasteiger partial charge in [0, 0.05) is 39.0 Å². The van der Waals surface area contributed by atoms with Gasteiger partial charge in [0.05, 0.1) is 13.7 Å². The highest BCUT2D eigenvalue weighted by molar-refractivity contribution is 6.36. The molecule has 1 N–H and O–H groups in total. The van der Waals surface area contributed by atoms with E-state index in [4.69, 9.17) is 32.7 Å². The lowest BCUT2D eigenvalue weighted by molar-refractivity contribution is -0.111. The van der Waals surface area contributed by atoms with Crippen LogP contribution in [0.2, 0.25) is 10.0 Å². The monoisotopic (exact) mass is 535 g/mol. The molecule has 0 saturated heterocycles. The summed E-state index contributed by atoms with van der Waals surface area (Å²) in [6.45, 7) is 4.66. The van der Waals surface area contributed by atoms with Crippen molar-refractivity contribution in [3.8, 4) is 11.5 Å². The number of nitrogens with one attached hydrogen (secondary N) is 1. The summed E-state index contributed by atoms with van der Waals surface area (Å²) in [7, 11) is 1.62. The first kappa shape index (κ1) is 26.3. The summed E-state index contributed by atoms with van der Waals surface area (Å²) in [6.07, 6.45) is 3.20. The summed E-state index contributed by atoms with van der Waals surface area (Å²) >= 11 is 12.6. The molecule has 190 valence electrons. The highest BCUT2D eigenvalue weighted by Gasteiger charge is 2.11. The molecule has 0 unspecified atom stereocenters. The molecule has 0 aliphatic heterocycles. The highest BCUT2D eigenvalue weighted by Crippen LogP contribution is 2.26. The number of aromatic nitrogens is 2. The fourth-order valence-corrected chi connectivity index (χ4v) is 4.30. The number of carbonyl (C=O) groups is 1. The topological polar surface area (TPSA) is 65.4 Å². The van der Waals surface area contributed by atoms with E-state index >= 15 is 0 Å². The number of carbonyl (C=O) groups excluding carboxylic acids is 1. The molecule has 4 rings (SSSR count). The van der Waals surface area contributed by atoms with E-state index in [1.807, 2.05) is 56.3 Å². The molecule has 0 saturated carbocycles. The molecule has 0 radical (unpaired) electrons. The molecule has 1 heterocycles. The Bertz CT molecular complexity index is 1430. The van der Waals surface area contributed by atoms with Gasteiger partial charge < -0.3 is 14.8 Å². The number of nitrogens with zero attached hydrogens (tertiary/aromatic N) is 2. The molecular weight excluding hydrogens is 509 g/mol. The zero-order valence-electron chi connectivity index (χ0n) is 20.8. The lowest BCUT2D eigenvalue weighted by Gasteiger charge is -2.11. The fourth-order valence-electron chi connectivity index (χ4n) is 3.79. The standard InChI is InChI=1S/C29H27Cl2N3O3/c1-19-6-4-7-23(14-19)37-18-22-16-21(10-12-27(22)36-3)11-13-29(35)32-28-15-20(2)34(33-28)17-24-25(30)8-5-9-26(24)31/h4-16H,17-18H2,1-3H3,(H,32,33,35)/b13-11+. The van der Waals surface area contributed by atoms with Crippen LogP contribution in [-0.2, 0) is 17.9 Å². The third-order valence-electron chi connectivity index (χ3n) is 5.72. The summed E-state index contributed by atoms with van der Waals surface area (Å²) < 4.78 is 13.2. The van der Waals surface area contributed by atoms with Crippen molar-refractivity contribution < 1.29 is 14.3 Å². The van der Waals surface area contributed by atoms with Crippen LogP contribution in [0.1, 0.15) is 27.9 Å². The molecular formula is C29H27Cl2N3O3. The van der Waals surface area contributed by atoms with Gasteiger partial charge in [0.15, 0.2) is 5.82 Å². The average molecular weight is 536 g/mol. The molecule has 4 aromatic rings. The van der Waals surface area contributed by atoms with Gasteiger partial charge in [-0.2, -0.15) is 5.10 Å². The Morgan fingerprint density at radius 1 is 1.03 bits per heavy atom. The summed E-state index contributed by atoms with van der Waals surface area (Å²) in [4.78, 5) is 12.6. The van der Waals surface area contributed by atoms with E-state index in [2.05, 4.69) is 10.4 Å². The molecule has 8 heteroatoms. The van der Waals surface area contributed by atoms with Crippen molar-refractivity contribution in [1.29, 1.82) is 0 Å². The van der Waals surface area contributed by atoms with Gasteiger partial charge in [-0.3, -0.25) is 9.48 Å². The maximum atomic E-state index is 12.6. The number of methoxy groups -OCH3 is 1. The number of halogens is 2. The molecule has 0 fully saturated rings. The predicted octanol–water partition coefficient (Wildman–Crippen LogP) is 7.09. The van der Waals surface area contributed by atoms with E-state index in [1.165, 1.54) is 6.08 Å². The Hall–Kier alpha value is -3.74. The van der Waals surface area contributed by atoms with E-state index < -0.39 is 0 Å². The van der Waals surface area contributed by atoms with Crippen molar-refractivity contribution in [2.75, 3.05) is 12.4 Å². The van der Waals surface area contributed by atoms with Crippen LogP contribution in [0.5, 0.6) is 11.5 Å². The van der Waals surface area contributed by atoms with Gasteiger partial charge in [0.2, 0.25) is 5.91 Å². The van der Waals surface area contributed by atoms with Crippen LogP contribution in [-0.4, -0.2) is 22.8 Å². The lowest BCUT2D eigenvalue weighted by Crippen LogP contribution is -2.10. The summed E-state index contributed by atoms with van der Waals surface area (Å²) in [6, 6.07) is 20.7. The molecule has 3 aromatic carbocycles. The normalized spacial score (nSPS) is 11.1. The van der Waals surface area contributed by atoms with Crippen molar-refractivity contribution >= 4 is 41.0 Å². The second kappa shape index (κ2) is 12.0. The van der Waals surface area contributed by atoms with Crippen LogP contribution in [0, 0.1) is 13.8 Å². The molecule has 6 nitrogen and oxygen atoms in total. The van der Waals surface area contributed by atoms with Gasteiger partial charge in [-0.05, 0) is 67.4 Å². The van der Waals surface area contributed by atoms with Crippen molar-refractivity contribution in [3.63, 3.8) is 0 Å². The number of hydrogen-bond acceptors (Lipinski definition) is 4. The van der Waals surface area contributed by atoms with E-state index in [-0.39, 0.29) is 5.91 Å². The smallest absolute Gasteiger partial charge is 0.249 e. The molecule has 0 bridgehead atoms. The van der Waals surface area contributed by atoms with Crippen molar-refractivity contribution in [3.05, 3.63) is 111 Å². The molecule has 0 atom stereocenters. The highest BCUT2D eigenvalue weighted by atomic mass is 35.5. The van der Waals surface area contributed by atoms with Crippen LogP contribution >= 0.6 is 23.2 Å². The minimum atomic E-state index is -0.297. The Labute approximate surface area is 226 Å². The number of ether oxygens (including phenoxy) is 2. The van der Waals surface area contributed by atoms with Gasteiger partial charge in [0.25, 0.3) is 0 Å². The van der Waals surface area contributed by atoms with Crippen molar-refractivity contribution in [2.45, 2.75) is 27.0 Å². The summed E-state index contributed by atoms with van der Waals surface area (Å²) in [5.74, 6) is 1.65. The van der Waals surface area contributed by atoms with Gasteiger partial charge >= 0.3 is 0 Å². The van der Waals surface area contributed by atoms with E-state index in [9.17, 15) is 4.79 Å². The van der Waals surface area contributed by atoms with E-state index in [0.29, 0.717) is 34.8 Å². The van der Waals surface area contributed by atoms with Gasteiger partial charge in [0.1, 0.15) is 18.1 Å². The maximum absolute atomic E-state index is 12.6. The second-order valence-electron chi connectivity index (χ2n) is 8.53. The third-order valence-corrected chi connectivity index (χ3v) is 6.43. The van der Waals surface area contributed by atoms with Crippen molar-refractivity contribution in [1.82, 2.24) is 9.78 Å². The van der Waals surface area contributed by atoms with Crippen LogP contribution in [0.15, 0.2) is 72.8 Å². The predicted molar refractivity (Wildman–Crippen MR) is 149 cm³/mol. The van der Waals surface area contributed by atoms with Crippen LogP contribution in [0.25, 0.3) is 6.08 Å². The number of rotatable bonds is 9.